The van der Waals surface area contributed by atoms with Crippen LogP contribution in [0.4, 0.5) is 0 Å². The Balaban J connectivity index is 2.32. The van der Waals surface area contributed by atoms with Crippen molar-refractivity contribution in [2.75, 3.05) is 6.54 Å². The highest BCUT2D eigenvalue weighted by atomic mass is 79.9. The lowest BCUT2D eigenvalue weighted by Gasteiger charge is -2.06. The van der Waals surface area contributed by atoms with E-state index in [4.69, 9.17) is 10.8 Å². The van der Waals surface area contributed by atoms with E-state index in [-0.39, 0.29) is 5.69 Å². The van der Waals surface area contributed by atoms with Crippen LogP contribution in [0, 0.1) is 0 Å². The van der Waals surface area contributed by atoms with Gasteiger partial charge in [-0.3, -0.25) is 0 Å². The quantitative estimate of drug-likeness (QED) is 0.864. The molecular formula is C12H13BrN4O2. The molecule has 0 atom stereocenters. The van der Waals surface area contributed by atoms with Gasteiger partial charge in [-0.2, -0.15) is 0 Å². The van der Waals surface area contributed by atoms with Crippen LogP contribution in [0.2, 0.25) is 0 Å². The predicted octanol–water partition coefficient (Wildman–Crippen LogP) is 1.29. The Hall–Kier alpha value is -1.73. The van der Waals surface area contributed by atoms with Crippen molar-refractivity contribution >= 4 is 21.9 Å². The van der Waals surface area contributed by atoms with Gasteiger partial charge in [-0.15, -0.1) is 5.10 Å². The van der Waals surface area contributed by atoms with E-state index in [1.807, 2.05) is 24.3 Å². The van der Waals surface area contributed by atoms with Crippen LogP contribution in [0.5, 0.6) is 0 Å². The molecule has 0 aliphatic carbocycles. The Morgan fingerprint density at radius 3 is 2.89 bits per heavy atom. The van der Waals surface area contributed by atoms with Crippen molar-refractivity contribution in [2.45, 2.75) is 13.0 Å². The number of hydrogen-bond acceptors (Lipinski definition) is 4. The van der Waals surface area contributed by atoms with Gasteiger partial charge in [-0.05, 0) is 24.2 Å². The number of carboxylic acid groups (broad SMARTS) is 1. The zero-order valence-corrected chi connectivity index (χ0v) is 11.7. The molecule has 2 aromatic rings. The van der Waals surface area contributed by atoms with E-state index in [1.54, 1.807) is 4.68 Å². The SMILES string of the molecule is NCCc1c(C(=O)O)nnn1Cc1cccc(Br)c1. The van der Waals surface area contributed by atoms with E-state index in [1.165, 1.54) is 0 Å². The molecule has 0 aliphatic rings. The highest BCUT2D eigenvalue weighted by Gasteiger charge is 2.18. The molecule has 0 aliphatic heterocycles. The first-order valence-electron chi connectivity index (χ1n) is 5.72. The standard InChI is InChI=1S/C12H13BrN4O2/c13-9-3-1-2-8(6-9)7-17-10(4-5-14)11(12(18)19)15-16-17/h1-3,6H,4-5,7,14H2,(H,18,19). The zero-order chi connectivity index (χ0) is 13.8. The summed E-state index contributed by atoms with van der Waals surface area (Å²) in [6.45, 7) is 0.821. The van der Waals surface area contributed by atoms with Crippen LogP contribution in [-0.4, -0.2) is 32.6 Å². The van der Waals surface area contributed by atoms with Gasteiger partial charge in [0.2, 0.25) is 0 Å². The minimum Gasteiger partial charge on any atom is -0.476 e. The molecule has 6 nitrogen and oxygen atoms in total. The van der Waals surface area contributed by atoms with E-state index in [9.17, 15) is 4.79 Å². The lowest BCUT2D eigenvalue weighted by atomic mass is 10.2. The summed E-state index contributed by atoms with van der Waals surface area (Å²) < 4.78 is 2.54. The number of aromatic carboxylic acids is 1. The summed E-state index contributed by atoms with van der Waals surface area (Å²) in [5.74, 6) is -1.08. The number of aromatic nitrogens is 3. The van der Waals surface area contributed by atoms with Gasteiger partial charge in [0.25, 0.3) is 0 Å². The van der Waals surface area contributed by atoms with Crippen LogP contribution in [0.3, 0.4) is 0 Å². The fraction of sp³-hybridized carbons (Fsp3) is 0.250. The van der Waals surface area contributed by atoms with Gasteiger partial charge >= 0.3 is 5.97 Å². The predicted molar refractivity (Wildman–Crippen MR) is 73.0 cm³/mol. The Morgan fingerprint density at radius 1 is 1.47 bits per heavy atom. The van der Waals surface area contributed by atoms with Crippen molar-refractivity contribution in [3.8, 4) is 0 Å². The Kier molecular flexibility index (Phi) is 4.28. The van der Waals surface area contributed by atoms with Crippen LogP contribution in [0.15, 0.2) is 28.7 Å². The average Bonchev–Trinajstić information content (AvgIpc) is 2.73. The molecule has 0 saturated heterocycles. The van der Waals surface area contributed by atoms with Crippen molar-refractivity contribution in [3.05, 3.63) is 45.7 Å². The number of carboxylic acids is 1. The van der Waals surface area contributed by atoms with Crippen LogP contribution in [0.25, 0.3) is 0 Å². The van der Waals surface area contributed by atoms with Crippen molar-refractivity contribution in [3.63, 3.8) is 0 Å². The first-order valence-corrected chi connectivity index (χ1v) is 6.51. The van der Waals surface area contributed by atoms with Gasteiger partial charge in [0.05, 0.1) is 12.2 Å². The maximum Gasteiger partial charge on any atom is 0.358 e. The van der Waals surface area contributed by atoms with Crippen LogP contribution in [0.1, 0.15) is 21.7 Å². The van der Waals surface area contributed by atoms with Gasteiger partial charge in [0, 0.05) is 10.9 Å². The summed E-state index contributed by atoms with van der Waals surface area (Å²) in [5, 5.41) is 16.6. The lowest BCUT2D eigenvalue weighted by Crippen LogP contribution is -2.14. The molecule has 19 heavy (non-hydrogen) atoms. The van der Waals surface area contributed by atoms with Gasteiger partial charge < -0.3 is 10.8 Å². The molecule has 100 valence electrons. The van der Waals surface area contributed by atoms with Crippen LogP contribution in [-0.2, 0) is 13.0 Å². The minimum absolute atomic E-state index is 0.0274. The fourth-order valence-corrected chi connectivity index (χ4v) is 2.26. The molecular weight excluding hydrogens is 312 g/mol. The summed E-state index contributed by atoms with van der Waals surface area (Å²) in [7, 11) is 0. The summed E-state index contributed by atoms with van der Waals surface area (Å²) >= 11 is 3.39. The van der Waals surface area contributed by atoms with Gasteiger partial charge in [-0.25, -0.2) is 9.48 Å². The largest absolute Gasteiger partial charge is 0.476 e. The molecule has 1 heterocycles. The van der Waals surface area contributed by atoms with E-state index in [2.05, 4.69) is 26.2 Å². The molecule has 0 spiro atoms. The molecule has 2 rings (SSSR count). The Bertz CT molecular complexity index is 597. The fourth-order valence-electron chi connectivity index (χ4n) is 1.82. The highest BCUT2D eigenvalue weighted by molar-refractivity contribution is 9.10. The van der Waals surface area contributed by atoms with Crippen LogP contribution >= 0.6 is 15.9 Å². The number of rotatable bonds is 5. The van der Waals surface area contributed by atoms with E-state index < -0.39 is 5.97 Å². The molecule has 0 fully saturated rings. The van der Waals surface area contributed by atoms with E-state index >= 15 is 0 Å². The topological polar surface area (TPSA) is 94.0 Å². The number of hydrogen-bond donors (Lipinski definition) is 2. The van der Waals surface area contributed by atoms with E-state index in [0.29, 0.717) is 25.2 Å². The monoisotopic (exact) mass is 324 g/mol. The number of benzene rings is 1. The van der Waals surface area contributed by atoms with E-state index in [0.717, 1.165) is 10.0 Å². The lowest BCUT2D eigenvalue weighted by molar-refractivity contribution is 0.0689. The Morgan fingerprint density at radius 2 is 2.26 bits per heavy atom. The van der Waals surface area contributed by atoms with Crippen LogP contribution < -0.4 is 5.73 Å². The molecule has 0 saturated carbocycles. The molecule has 3 N–H and O–H groups in total. The van der Waals surface area contributed by atoms with Crippen molar-refractivity contribution < 1.29 is 9.90 Å². The van der Waals surface area contributed by atoms with Crippen molar-refractivity contribution in [1.82, 2.24) is 15.0 Å². The van der Waals surface area contributed by atoms with Gasteiger partial charge in [0.15, 0.2) is 5.69 Å². The summed E-state index contributed by atoms with van der Waals surface area (Å²) in [4.78, 5) is 11.1. The molecule has 0 radical (unpaired) electrons. The second kappa shape index (κ2) is 5.94. The molecule has 1 aromatic heterocycles. The second-order valence-electron chi connectivity index (χ2n) is 4.02. The third-order valence-electron chi connectivity index (χ3n) is 2.64. The third-order valence-corrected chi connectivity index (χ3v) is 3.14. The summed E-state index contributed by atoms with van der Waals surface area (Å²) in [6.07, 6.45) is 0.433. The smallest absolute Gasteiger partial charge is 0.358 e. The highest BCUT2D eigenvalue weighted by Crippen LogP contribution is 2.14. The van der Waals surface area contributed by atoms with Gasteiger partial charge in [0.1, 0.15) is 0 Å². The second-order valence-corrected chi connectivity index (χ2v) is 4.93. The molecule has 0 unspecified atom stereocenters. The number of halogens is 1. The summed E-state index contributed by atoms with van der Waals surface area (Å²) in [5.41, 5.74) is 7.04. The maximum atomic E-state index is 11.1. The number of carbonyl (C=O) groups is 1. The molecule has 0 amide bonds. The first-order chi connectivity index (χ1) is 9.11. The van der Waals surface area contributed by atoms with Crippen molar-refractivity contribution in [2.24, 2.45) is 5.73 Å². The Labute approximate surface area is 118 Å². The molecule has 1 aromatic carbocycles. The molecule has 7 heteroatoms. The maximum absolute atomic E-state index is 11.1. The molecule has 0 bridgehead atoms. The summed E-state index contributed by atoms with van der Waals surface area (Å²) in [6, 6.07) is 7.73. The normalized spacial score (nSPS) is 10.6. The number of nitrogens with zero attached hydrogens (tertiary/aromatic N) is 3. The van der Waals surface area contributed by atoms with Crippen molar-refractivity contribution in [1.29, 1.82) is 0 Å². The average molecular weight is 325 g/mol. The minimum atomic E-state index is -1.08. The third kappa shape index (κ3) is 3.18. The van der Waals surface area contributed by atoms with Gasteiger partial charge in [-0.1, -0.05) is 33.3 Å². The number of nitrogens with two attached hydrogens (primary N) is 1. The zero-order valence-electron chi connectivity index (χ0n) is 10.1. The first kappa shape index (κ1) is 13.7.